The summed E-state index contributed by atoms with van der Waals surface area (Å²) in [6, 6.07) is 27.9. The maximum Gasteiger partial charge on any atom is 0.255 e. The monoisotopic (exact) mass is 606 g/mol. The molecule has 4 aromatic carbocycles. The summed E-state index contributed by atoms with van der Waals surface area (Å²) in [5.41, 5.74) is 3.53. The number of ether oxygens (including phenoxy) is 1. The van der Waals surface area contributed by atoms with E-state index in [0.717, 1.165) is 5.56 Å². The average molecular weight is 607 g/mol. The number of rotatable bonds is 11. The van der Waals surface area contributed by atoms with E-state index >= 15 is 0 Å². The van der Waals surface area contributed by atoms with Gasteiger partial charge in [-0.05, 0) is 66.2 Å². The Kier molecular flexibility index (Phi) is 9.58. The van der Waals surface area contributed by atoms with Crippen molar-refractivity contribution in [2.75, 3.05) is 24.4 Å². The summed E-state index contributed by atoms with van der Waals surface area (Å²) in [7, 11) is 3.23. The largest absolute Gasteiger partial charge is 0.497 e. The van der Waals surface area contributed by atoms with Gasteiger partial charge in [-0.15, -0.1) is 5.10 Å². The van der Waals surface area contributed by atoms with Crippen LogP contribution < -0.4 is 20.3 Å². The number of hydrogen-bond donors (Lipinski definition) is 2. The third-order valence-electron chi connectivity index (χ3n) is 7.07. The van der Waals surface area contributed by atoms with Gasteiger partial charge in [-0.3, -0.25) is 14.4 Å². The molecule has 10 nitrogen and oxygen atoms in total. The van der Waals surface area contributed by atoms with Crippen molar-refractivity contribution >= 4 is 29.1 Å². The SMILES string of the molecule is COc1ccc(N(C)C(=O)[C@H](Cc2ccccc2)NC(=O)Cn2cc(-c3cccc(NC(=O)c4ccc(F)cc4)c3)nn2)cc1. The Hall–Kier alpha value is -5.84. The number of halogens is 1. The van der Waals surface area contributed by atoms with Crippen molar-refractivity contribution in [2.45, 2.75) is 19.0 Å². The van der Waals surface area contributed by atoms with Gasteiger partial charge in [0.05, 0.1) is 13.3 Å². The summed E-state index contributed by atoms with van der Waals surface area (Å²) in [6.07, 6.45) is 1.91. The molecule has 0 radical (unpaired) electrons. The first kappa shape index (κ1) is 30.6. The smallest absolute Gasteiger partial charge is 0.255 e. The fourth-order valence-electron chi connectivity index (χ4n) is 4.67. The summed E-state index contributed by atoms with van der Waals surface area (Å²) in [5, 5.41) is 13.9. The standard InChI is InChI=1S/C34H31FN6O4/c1-40(28-15-17-29(45-2)18-16-28)34(44)30(19-23-7-4-3-5-8-23)37-32(42)22-41-21-31(38-39-41)25-9-6-10-27(20-25)36-33(43)24-11-13-26(35)14-12-24/h3-18,20-21,30H,19,22H2,1-2H3,(H,36,43)(H,37,42)/t30-/m0/s1. The normalized spacial score (nSPS) is 11.4. The second kappa shape index (κ2) is 14.1. The van der Waals surface area contributed by atoms with Gasteiger partial charge in [0.25, 0.3) is 5.91 Å². The van der Waals surface area contributed by atoms with Crippen molar-refractivity contribution in [1.29, 1.82) is 0 Å². The number of likely N-dealkylation sites (N-methyl/N-ethyl adjacent to an activating group) is 1. The maximum absolute atomic E-state index is 13.6. The third kappa shape index (κ3) is 7.96. The number of nitrogens with one attached hydrogen (secondary N) is 2. The Morgan fingerprint density at radius 1 is 0.933 bits per heavy atom. The molecule has 0 saturated carbocycles. The van der Waals surface area contributed by atoms with Crippen LogP contribution in [0.5, 0.6) is 5.75 Å². The molecular weight excluding hydrogens is 575 g/mol. The van der Waals surface area contributed by atoms with Crippen LogP contribution in [0.4, 0.5) is 15.8 Å². The van der Waals surface area contributed by atoms with E-state index < -0.39 is 17.8 Å². The van der Waals surface area contributed by atoms with Crippen molar-refractivity contribution < 1.29 is 23.5 Å². The van der Waals surface area contributed by atoms with E-state index in [1.165, 1.54) is 33.8 Å². The number of anilines is 2. The van der Waals surface area contributed by atoms with Crippen LogP contribution >= 0.6 is 0 Å². The first-order valence-corrected chi connectivity index (χ1v) is 14.1. The number of benzene rings is 4. The molecule has 0 unspecified atom stereocenters. The predicted molar refractivity (Wildman–Crippen MR) is 168 cm³/mol. The Morgan fingerprint density at radius 3 is 2.38 bits per heavy atom. The van der Waals surface area contributed by atoms with E-state index in [1.54, 1.807) is 68.9 Å². The molecule has 5 aromatic rings. The van der Waals surface area contributed by atoms with Gasteiger partial charge in [0.1, 0.15) is 29.8 Å². The molecule has 0 spiro atoms. The molecule has 3 amide bonds. The second-order valence-corrected chi connectivity index (χ2v) is 10.2. The van der Waals surface area contributed by atoms with E-state index in [9.17, 15) is 18.8 Å². The van der Waals surface area contributed by atoms with Crippen LogP contribution in [0.15, 0.2) is 109 Å². The Morgan fingerprint density at radius 2 is 1.67 bits per heavy atom. The molecule has 2 N–H and O–H groups in total. The van der Waals surface area contributed by atoms with Crippen molar-refractivity contribution in [1.82, 2.24) is 20.3 Å². The van der Waals surface area contributed by atoms with Crippen LogP contribution in [-0.4, -0.2) is 52.9 Å². The molecule has 0 aliphatic rings. The van der Waals surface area contributed by atoms with Gasteiger partial charge in [0, 0.05) is 36.0 Å². The summed E-state index contributed by atoms with van der Waals surface area (Å²) >= 11 is 0. The number of amides is 3. The summed E-state index contributed by atoms with van der Waals surface area (Å²) in [6.45, 7) is -0.168. The highest BCUT2D eigenvalue weighted by Crippen LogP contribution is 2.22. The van der Waals surface area contributed by atoms with Crippen LogP contribution in [0.3, 0.4) is 0 Å². The molecule has 0 saturated heterocycles. The van der Waals surface area contributed by atoms with E-state index in [2.05, 4.69) is 20.9 Å². The molecule has 5 rings (SSSR count). The summed E-state index contributed by atoms with van der Waals surface area (Å²) in [4.78, 5) is 40.8. The minimum atomic E-state index is -0.837. The highest BCUT2D eigenvalue weighted by atomic mass is 19.1. The summed E-state index contributed by atoms with van der Waals surface area (Å²) in [5.74, 6) is -0.836. The highest BCUT2D eigenvalue weighted by molar-refractivity contribution is 6.04. The van der Waals surface area contributed by atoms with Crippen molar-refractivity contribution in [3.8, 4) is 17.0 Å². The van der Waals surface area contributed by atoms with Crippen molar-refractivity contribution in [2.24, 2.45) is 0 Å². The van der Waals surface area contributed by atoms with Crippen LogP contribution in [-0.2, 0) is 22.6 Å². The fraction of sp³-hybridized carbons (Fsp3) is 0.147. The Labute approximate surface area is 259 Å². The minimum Gasteiger partial charge on any atom is -0.497 e. The minimum absolute atomic E-state index is 0.168. The number of methoxy groups -OCH3 is 1. The predicted octanol–water partition coefficient (Wildman–Crippen LogP) is 4.74. The van der Waals surface area contributed by atoms with Gasteiger partial charge < -0.3 is 20.3 Å². The lowest BCUT2D eigenvalue weighted by Gasteiger charge is -2.25. The number of hydrogen-bond acceptors (Lipinski definition) is 6. The Bertz CT molecular complexity index is 1770. The van der Waals surface area contributed by atoms with Crippen LogP contribution in [0.2, 0.25) is 0 Å². The van der Waals surface area contributed by atoms with E-state index in [1.807, 2.05) is 30.3 Å². The number of nitrogens with zero attached hydrogens (tertiary/aromatic N) is 4. The van der Waals surface area contributed by atoms with Gasteiger partial charge in [0.2, 0.25) is 11.8 Å². The van der Waals surface area contributed by atoms with Gasteiger partial charge in [0.15, 0.2) is 0 Å². The van der Waals surface area contributed by atoms with Gasteiger partial charge >= 0.3 is 0 Å². The van der Waals surface area contributed by atoms with Gasteiger partial charge in [-0.2, -0.15) is 0 Å². The molecule has 45 heavy (non-hydrogen) atoms. The molecule has 1 heterocycles. The van der Waals surface area contributed by atoms with E-state index in [0.29, 0.717) is 40.4 Å². The fourth-order valence-corrected chi connectivity index (χ4v) is 4.67. The number of carbonyl (C=O) groups is 3. The lowest BCUT2D eigenvalue weighted by molar-refractivity contribution is -0.127. The van der Waals surface area contributed by atoms with E-state index in [4.69, 9.17) is 4.74 Å². The molecule has 228 valence electrons. The average Bonchev–Trinajstić information content (AvgIpc) is 3.53. The quantitative estimate of drug-likeness (QED) is 0.224. The summed E-state index contributed by atoms with van der Waals surface area (Å²) < 4.78 is 19.8. The van der Waals surface area contributed by atoms with Crippen molar-refractivity contribution in [3.05, 3.63) is 126 Å². The van der Waals surface area contributed by atoms with E-state index in [-0.39, 0.29) is 18.4 Å². The highest BCUT2D eigenvalue weighted by Gasteiger charge is 2.26. The molecule has 11 heteroatoms. The van der Waals surface area contributed by atoms with Gasteiger partial charge in [-0.25, -0.2) is 9.07 Å². The lowest BCUT2D eigenvalue weighted by Crippen LogP contribution is -2.49. The lowest BCUT2D eigenvalue weighted by atomic mass is 10.0. The molecule has 0 aliphatic carbocycles. The van der Waals surface area contributed by atoms with Crippen LogP contribution in [0.1, 0.15) is 15.9 Å². The molecule has 1 aromatic heterocycles. The molecule has 0 bridgehead atoms. The molecule has 0 aliphatic heterocycles. The third-order valence-corrected chi connectivity index (χ3v) is 7.07. The van der Waals surface area contributed by atoms with Crippen molar-refractivity contribution in [3.63, 3.8) is 0 Å². The topological polar surface area (TPSA) is 118 Å². The first-order chi connectivity index (χ1) is 21.8. The van der Waals surface area contributed by atoms with Crippen LogP contribution in [0.25, 0.3) is 11.3 Å². The maximum atomic E-state index is 13.6. The zero-order valence-corrected chi connectivity index (χ0v) is 24.7. The molecule has 0 fully saturated rings. The number of carbonyl (C=O) groups excluding carboxylic acids is 3. The van der Waals surface area contributed by atoms with Crippen LogP contribution in [0, 0.1) is 5.82 Å². The molecular formula is C34H31FN6O4. The zero-order chi connectivity index (χ0) is 31.8. The molecule has 1 atom stereocenters. The Balaban J connectivity index is 1.26. The van der Waals surface area contributed by atoms with Gasteiger partial charge in [-0.1, -0.05) is 47.7 Å². The second-order valence-electron chi connectivity index (χ2n) is 10.2. The zero-order valence-electron chi connectivity index (χ0n) is 24.7. The number of aromatic nitrogens is 3. The first-order valence-electron chi connectivity index (χ1n) is 14.1.